The molecule has 0 saturated carbocycles. The summed E-state index contributed by atoms with van der Waals surface area (Å²) in [7, 11) is 0. The quantitative estimate of drug-likeness (QED) is 0.741. The fraction of sp³-hybridized carbons (Fsp3) is 0.0952. The Labute approximate surface area is 150 Å². The van der Waals surface area contributed by atoms with E-state index in [1.807, 2.05) is 6.07 Å². The molecule has 0 saturated heterocycles. The van der Waals surface area contributed by atoms with E-state index in [9.17, 15) is 14.7 Å². The molecule has 5 nitrogen and oxygen atoms in total. The molecule has 1 N–H and O–H groups in total. The molecule has 128 valence electrons. The van der Waals surface area contributed by atoms with Crippen molar-refractivity contribution in [2.75, 3.05) is 11.4 Å². The monoisotopic (exact) mass is 344 g/mol. The van der Waals surface area contributed by atoms with E-state index in [4.69, 9.17) is 0 Å². The maximum absolute atomic E-state index is 12.8. The molecule has 5 heteroatoms. The number of phenols is 1. The van der Waals surface area contributed by atoms with Gasteiger partial charge in [0.2, 0.25) is 0 Å². The van der Waals surface area contributed by atoms with E-state index >= 15 is 0 Å². The fourth-order valence-electron chi connectivity index (χ4n) is 3.17. The van der Waals surface area contributed by atoms with Crippen LogP contribution in [0.4, 0.5) is 5.69 Å². The first-order valence-electron chi connectivity index (χ1n) is 8.32. The molecule has 4 rings (SSSR count). The number of ketones is 1. The lowest BCUT2D eigenvalue weighted by atomic mass is 10.0. The van der Waals surface area contributed by atoms with Crippen LogP contribution in [0.15, 0.2) is 67.0 Å². The van der Waals surface area contributed by atoms with Gasteiger partial charge in [-0.3, -0.25) is 14.6 Å². The second-order valence-corrected chi connectivity index (χ2v) is 6.17. The van der Waals surface area contributed by atoms with Crippen LogP contribution in [0.2, 0.25) is 0 Å². The Hall–Kier alpha value is -3.47. The van der Waals surface area contributed by atoms with Crippen LogP contribution in [-0.2, 0) is 6.42 Å². The minimum atomic E-state index is -0.197. The van der Waals surface area contributed by atoms with Crippen LogP contribution in [0.1, 0.15) is 31.8 Å². The predicted octanol–water partition coefficient (Wildman–Crippen LogP) is 3.22. The van der Waals surface area contributed by atoms with Crippen molar-refractivity contribution in [3.05, 3.63) is 89.2 Å². The number of aromatic nitrogens is 1. The lowest BCUT2D eigenvalue weighted by Crippen LogP contribution is -2.28. The van der Waals surface area contributed by atoms with E-state index in [0.717, 1.165) is 17.7 Å². The molecular weight excluding hydrogens is 328 g/mol. The number of carbonyl (C=O) groups is 2. The number of nitrogens with zero attached hydrogens (tertiary/aromatic N) is 2. The van der Waals surface area contributed by atoms with Gasteiger partial charge >= 0.3 is 0 Å². The summed E-state index contributed by atoms with van der Waals surface area (Å²) < 4.78 is 0. The van der Waals surface area contributed by atoms with Gasteiger partial charge in [0, 0.05) is 35.6 Å². The summed E-state index contributed by atoms with van der Waals surface area (Å²) in [5.41, 5.74) is 3.37. The highest BCUT2D eigenvalue weighted by atomic mass is 16.3. The minimum Gasteiger partial charge on any atom is -0.508 e. The average molecular weight is 344 g/mol. The normalized spacial score (nSPS) is 12.7. The zero-order valence-electron chi connectivity index (χ0n) is 13.9. The zero-order chi connectivity index (χ0) is 18.1. The lowest BCUT2D eigenvalue weighted by Gasteiger charge is -2.17. The second-order valence-electron chi connectivity index (χ2n) is 6.17. The first kappa shape index (κ1) is 16.0. The smallest absolute Gasteiger partial charge is 0.258 e. The van der Waals surface area contributed by atoms with Crippen LogP contribution in [0.3, 0.4) is 0 Å². The molecule has 0 aliphatic carbocycles. The van der Waals surface area contributed by atoms with Crippen LogP contribution >= 0.6 is 0 Å². The van der Waals surface area contributed by atoms with E-state index in [2.05, 4.69) is 4.98 Å². The van der Waals surface area contributed by atoms with Crippen LogP contribution in [0, 0.1) is 0 Å². The third-order valence-corrected chi connectivity index (χ3v) is 4.52. The van der Waals surface area contributed by atoms with Crippen LogP contribution in [0.5, 0.6) is 5.75 Å². The number of pyridine rings is 1. The van der Waals surface area contributed by atoms with Gasteiger partial charge in [-0.1, -0.05) is 24.3 Å². The first-order valence-corrected chi connectivity index (χ1v) is 8.32. The van der Waals surface area contributed by atoms with Crippen molar-refractivity contribution in [3.63, 3.8) is 0 Å². The number of benzene rings is 2. The number of aromatic hydroxyl groups is 1. The number of amides is 1. The summed E-state index contributed by atoms with van der Waals surface area (Å²) in [6.45, 7) is 0.629. The highest BCUT2D eigenvalue weighted by molar-refractivity contribution is 6.11. The maximum atomic E-state index is 12.8. The summed E-state index contributed by atoms with van der Waals surface area (Å²) >= 11 is 0. The number of rotatable bonds is 3. The standard InChI is InChI=1S/C21H16N2O3/c24-18-3-1-2-16(12-18)20(25)14-4-6-15(7-5-14)21(26)23-11-9-17-13-22-10-8-19(17)23/h1-8,10,12-13,24H,9,11H2. The molecule has 1 aliphatic heterocycles. The lowest BCUT2D eigenvalue weighted by molar-refractivity contribution is 0.0986. The molecule has 1 amide bonds. The van der Waals surface area contributed by atoms with Gasteiger partial charge in [-0.2, -0.15) is 0 Å². The molecule has 0 unspecified atom stereocenters. The van der Waals surface area contributed by atoms with Crippen molar-refractivity contribution >= 4 is 17.4 Å². The van der Waals surface area contributed by atoms with E-state index in [0.29, 0.717) is 23.2 Å². The molecule has 0 fully saturated rings. The molecular formula is C21H16N2O3. The molecule has 1 aliphatic rings. The van der Waals surface area contributed by atoms with Crippen molar-refractivity contribution in [2.24, 2.45) is 0 Å². The van der Waals surface area contributed by atoms with Gasteiger partial charge in [0.15, 0.2) is 5.78 Å². The van der Waals surface area contributed by atoms with Gasteiger partial charge in [-0.05, 0) is 42.3 Å². The van der Waals surface area contributed by atoms with Gasteiger partial charge in [-0.25, -0.2) is 0 Å². The Kier molecular flexibility index (Phi) is 3.97. The molecule has 0 spiro atoms. The van der Waals surface area contributed by atoms with Crippen LogP contribution in [0.25, 0.3) is 0 Å². The topological polar surface area (TPSA) is 70.5 Å². The molecule has 1 aromatic heterocycles. The molecule has 26 heavy (non-hydrogen) atoms. The third-order valence-electron chi connectivity index (χ3n) is 4.52. The number of anilines is 1. The Morgan fingerprint density at radius 3 is 2.50 bits per heavy atom. The zero-order valence-corrected chi connectivity index (χ0v) is 13.9. The summed E-state index contributed by atoms with van der Waals surface area (Å²) in [6, 6.07) is 14.7. The molecule has 0 radical (unpaired) electrons. The number of hydrogen-bond acceptors (Lipinski definition) is 4. The van der Waals surface area contributed by atoms with E-state index in [-0.39, 0.29) is 17.4 Å². The maximum Gasteiger partial charge on any atom is 0.258 e. The highest BCUT2D eigenvalue weighted by Gasteiger charge is 2.25. The van der Waals surface area contributed by atoms with Gasteiger partial charge in [-0.15, -0.1) is 0 Å². The molecule has 2 aromatic carbocycles. The summed E-state index contributed by atoms with van der Waals surface area (Å²) in [5, 5.41) is 9.52. The first-order chi connectivity index (χ1) is 12.6. The largest absolute Gasteiger partial charge is 0.508 e. The number of hydrogen-bond donors (Lipinski definition) is 1. The number of fused-ring (bicyclic) bond motifs is 1. The average Bonchev–Trinajstić information content (AvgIpc) is 3.11. The summed E-state index contributed by atoms with van der Waals surface area (Å²) in [5.74, 6) is -0.242. The summed E-state index contributed by atoms with van der Waals surface area (Å²) in [6.07, 6.45) is 4.27. The highest BCUT2D eigenvalue weighted by Crippen LogP contribution is 2.28. The van der Waals surface area contributed by atoms with Crippen molar-refractivity contribution in [3.8, 4) is 5.75 Å². The SMILES string of the molecule is O=C(c1ccc(C(=O)N2CCc3cnccc32)cc1)c1cccc(O)c1. The molecule has 0 bridgehead atoms. The molecule has 0 atom stereocenters. The predicted molar refractivity (Wildman–Crippen MR) is 97.6 cm³/mol. The van der Waals surface area contributed by atoms with E-state index in [1.54, 1.807) is 53.7 Å². The Morgan fingerprint density at radius 1 is 0.962 bits per heavy atom. The molecule has 2 heterocycles. The Balaban J connectivity index is 1.57. The number of carbonyl (C=O) groups excluding carboxylic acids is 2. The Morgan fingerprint density at radius 2 is 1.73 bits per heavy atom. The molecule has 3 aromatic rings. The van der Waals surface area contributed by atoms with Gasteiger partial charge in [0.25, 0.3) is 5.91 Å². The van der Waals surface area contributed by atoms with Crippen molar-refractivity contribution < 1.29 is 14.7 Å². The third kappa shape index (κ3) is 2.84. The number of phenolic OH excluding ortho intramolecular Hbond substituents is 1. The summed E-state index contributed by atoms with van der Waals surface area (Å²) in [4.78, 5) is 31.1. The van der Waals surface area contributed by atoms with Crippen LogP contribution < -0.4 is 4.90 Å². The Bertz CT molecular complexity index is 996. The fourth-order valence-corrected chi connectivity index (χ4v) is 3.17. The van der Waals surface area contributed by atoms with Gasteiger partial charge in [0.1, 0.15) is 5.75 Å². The minimum absolute atomic E-state index is 0.0461. The van der Waals surface area contributed by atoms with Crippen molar-refractivity contribution in [2.45, 2.75) is 6.42 Å². The van der Waals surface area contributed by atoms with Crippen LogP contribution in [-0.4, -0.2) is 28.3 Å². The second kappa shape index (κ2) is 6.44. The van der Waals surface area contributed by atoms with E-state index < -0.39 is 0 Å². The van der Waals surface area contributed by atoms with Gasteiger partial charge in [0.05, 0.1) is 5.69 Å². The van der Waals surface area contributed by atoms with Crippen molar-refractivity contribution in [1.29, 1.82) is 0 Å². The van der Waals surface area contributed by atoms with Crippen molar-refractivity contribution in [1.82, 2.24) is 4.98 Å². The van der Waals surface area contributed by atoms with Gasteiger partial charge < -0.3 is 10.0 Å². The van der Waals surface area contributed by atoms with E-state index in [1.165, 1.54) is 12.1 Å².